The molecular weight excluding hydrogens is 304 g/mol. The molecule has 0 spiro atoms. The van der Waals surface area contributed by atoms with Crippen LogP contribution < -0.4 is 10.2 Å². The summed E-state index contributed by atoms with van der Waals surface area (Å²) in [5, 5.41) is 12.7. The van der Waals surface area contributed by atoms with E-state index in [9.17, 15) is 14.7 Å². The summed E-state index contributed by atoms with van der Waals surface area (Å²) in [6, 6.07) is 14.6. The van der Waals surface area contributed by atoms with Crippen LogP contribution in [0.4, 0.5) is 11.4 Å². The molecule has 0 radical (unpaired) electrons. The second-order valence-corrected chi connectivity index (χ2v) is 6.08. The molecule has 0 unspecified atom stereocenters. The van der Waals surface area contributed by atoms with Crippen molar-refractivity contribution in [3.8, 4) is 0 Å². The van der Waals surface area contributed by atoms with E-state index >= 15 is 0 Å². The van der Waals surface area contributed by atoms with Crippen LogP contribution in [0.25, 0.3) is 0 Å². The van der Waals surface area contributed by atoms with Gasteiger partial charge in [0.05, 0.1) is 11.6 Å². The summed E-state index contributed by atoms with van der Waals surface area (Å²) in [5.74, 6) is -0.944. The van der Waals surface area contributed by atoms with Gasteiger partial charge in [0.2, 0.25) is 5.91 Å². The Morgan fingerprint density at radius 3 is 2.50 bits per heavy atom. The Balaban J connectivity index is 2.00. The van der Waals surface area contributed by atoms with Gasteiger partial charge in [-0.3, -0.25) is 4.79 Å². The average molecular weight is 324 g/mol. The van der Waals surface area contributed by atoms with E-state index in [0.717, 1.165) is 11.3 Å². The number of anilines is 2. The summed E-state index contributed by atoms with van der Waals surface area (Å²) in [5.41, 5.74) is 2.73. The second kappa shape index (κ2) is 6.35. The van der Waals surface area contributed by atoms with Crippen molar-refractivity contribution in [3.63, 3.8) is 0 Å². The van der Waals surface area contributed by atoms with Crippen LogP contribution >= 0.6 is 0 Å². The predicted molar refractivity (Wildman–Crippen MR) is 93.4 cm³/mol. The molecule has 0 saturated heterocycles. The molecule has 2 aromatic carbocycles. The summed E-state index contributed by atoms with van der Waals surface area (Å²) >= 11 is 0. The SMILES string of the molecule is CC(=O)N1c2ccccc2[C@@H](Nc2ccccc2C(=O)O)C[C@H]1C. The van der Waals surface area contributed by atoms with Crippen molar-refractivity contribution in [2.45, 2.75) is 32.4 Å². The zero-order chi connectivity index (χ0) is 17.3. The summed E-state index contributed by atoms with van der Waals surface area (Å²) in [7, 11) is 0. The van der Waals surface area contributed by atoms with Crippen LogP contribution in [0, 0.1) is 0 Å². The molecule has 0 bridgehead atoms. The number of nitrogens with zero attached hydrogens (tertiary/aromatic N) is 1. The van der Waals surface area contributed by atoms with Gasteiger partial charge in [-0.1, -0.05) is 30.3 Å². The van der Waals surface area contributed by atoms with Crippen LogP contribution in [0.1, 0.15) is 42.2 Å². The number of benzene rings is 2. The average Bonchev–Trinajstić information content (AvgIpc) is 2.54. The van der Waals surface area contributed by atoms with Crippen LogP contribution in [-0.2, 0) is 4.79 Å². The minimum absolute atomic E-state index is 0.0133. The number of carboxylic acids is 1. The molecule has 0 aromatic heterocycles. The molecule has 0 fully saturated rings. The highest BCUT2D eigenvalue weighted by atomic mass is 16.4. The smallest absolute Gasteiger partial charge is 0.337 e. The number of carbonyl (C=O) groups excluding carboxylic acids is 1. The summed E-state index contributed by atoms with van der Waals surface area (Å²) < 4.78 is 0. The first-order valence-corrected chi connectivity index (χ1v) is 7.96. The number of hydrogen-bond acceptors (Lipinski definition) is 3. The Hall–Kier alpha value is -2.82. The molecule has 3 rings (SSSR count). The summed E-state index contributed by atoms with van der Waals surface area (Å²) in [6.45, 7) is 3.58. The minimum atomic E-state index is -0.958. The molecule has 2 N–H and O–H groups in total. The number of carboxylic acid groups (broad SMARTS) is 1. The number of rotatable bonds is 3. The van der Waals surface area contributed by atoms with Crippen LogP contribution in [0.2, 0.25) is 0 Å². The van der Waals surface area contributed by atoms with Crippen LogP contribution in [0.5, 0.6) is 0 Å². The van der Waals surface area contributed by atoms with Crippen molar-refractivity contribution in [2.75, 3.05) is 10.2 Å². The molecule has 1 heterocycles. The maximum Gasteiger partial charge on any atom is 0.337 e. The lowest BCUT2D eigenvalue weighted by molar-refractivity contribution is -0.117. The topological polar surface area (TPSA) is 69.6 Å². The zero-order valence-electron chi connectivity index (χ0n) is 13.7. The van der Waals surface area contributed by atoms with Crippen LogP contribution in [0.3, 0.4) is 0 Å². The number of carbonyl (C=O) groups is 2. The van der Waals surface area contributed by atoms with E-state index in [0.29, 0.717) is 12.1 Å². The number of hydrogen-bond donors (Lipinski definition) is 2. The number of nitrogens with one attached hydrogen (secondary N) is 1. The molecular formula is C19H20N2O3. The largest absolute Gasteiger partial charge is 0.478 e. The molecule has 124 valence electrons. The third kappa shape index (κ3) is 2.85. The van der Waals surface area contributed by atoms with Gasteiger partial charge in [0.25, 0.3) is 0 Å². The first kappa shape index (κ1) is 16.1. The first-order chi connectivity index (χ1) is 11.5. The first-order valence-electron chi connectivity index (χ1n) is 7.96. The highest BCUT2D eigenvalue weighted by molar-refractivity contribution is 5.95. The highest BCUT2D eigenvalue weighted by Crippen LogP contribution is 2.39. The molecule has 0 saturated carbocycles. The fraction of sp³-hybridized carbons (Fsp3) is 0.263. The summed E-state index contributed by atoms with van der Waals surface area (Å²) in [4.78, 5) is 25.2. The molecule has 5 heteroatoms. The fourth-order valence-electron chi connectivity index (χ4n) is 3.41. The number of aromatic carboxylic acids is 1. The molecule has 1 aliphatic heterocycles. The number of fused-ring (bicyclic) bond motifs is 1. The molecule has 0 aliphatic carbocycles. The molecule has 1 aliphatic rings. The van der Waals surface area contributed by atoms with Gasteiger partial charge in [-0.2, -0.15) is 0 Å². The van der Waals surface area contributed by atoms with Gasteiger partial charge >= 0.3 is 5.97 Å². The van der Waals surface area contributed by atoms with Gasteiger partial charge in [-0.15, -0.1) is 0 Å². The van der Waals surface area contributed by atoms with Crippen molar-refractivity contribution in [1.82, 2.24) is 0 Å². The molecule has 2 aromatic rings. The fourth-order valence-corrected chi connectivity index (χ4v) is 3.41. The third-order valence-electron chi connectivity index (χ3n) is 4.42. The maximum atomic E-state index is 12.0. The van der Waals surface area contributed by atoms with Gasteiger partial charge in [0.1, 0.15) is 0 Å². The van der Waals surface area contributed by atoms with E-state index in [1.165, 1.54) is 0 Å². The van der Waals surface area contributed by atoms with Crippen LogP contribution in [-0.4, -0.2) is 23.0 Å². The van der Waals surface area contributed by atoms with E-state index in [2.05, 4.69) is 5.32 Å². The standard InChI is InChI=1S/C19H20N2O3/c1-12-11-17(20-16-9-5-3-8-15(16)19(23)24)14-7-4-6-10-18(14)21(12)13(2)22/h3-10,12,17,20H,11H2,1-2H3,(H,23,24)/t12-,17+/m1/s1. The third-order valence-corrected chi connectivity index (χ3v) is 4.42. The molecule has 1 amide bonds. The molecule has 5 nitrogen and oxygen atoms in total. The van der Waals surface area contributed by atoms with E-state index in [4.69, 9.17) is 0 Å². The number of para-hydroxylation sites is 2. The summed E-state index contributed by atoms with van der Waals surface area (Å²) in [6.07, 6.45) is 0.713. The highest BCUT2D eigenvalue weighted by Gasteiger charge is 2.32. The van der Waals surface area contributed by atoms with E-state index in [1.807, 2.05) is 37.3 Å². The zero-order valence-corrected chi connectivity index (χ0v) is 13.7. The lowest BCUT2D eigenvalue weighted by atomic mass is 9.91. The van der Waals surface area contributed by atoms with Crippen molar-refractivity contribution < 1.29 is 14.7 Å². The van der Waals surface area contributed by atoms with Gasteiger partial charge in [-0.25, -0.2) is 4.79 Å². The Bertz CT molecular complexity index is 788. The predicted octanol–water partition coefficient (Wildman–Crippen LogP) is 3.68. The van der Waals surface area contributed by atoms with Crippen molar-refractivity contribution >= 4 is 23.3 Å². The van der Waals surface area contributed by atoms with Crippen molar-refractivity contribution in [1.29, 1.82) is 0 Å². The molecule has 2 atom stereocenters. The Morgan fingerprint density at radius 1 is 1.12 bits per heavy atom. The Labute approximate surface area is 140 Å². The van der Waals surface area contributed by atoms with Gasteiger partial charge < -0.3 is 15.3 Å². The Kier molecular flexibility index (Phi) is 4.25. The van der Waals surface area contributed by atoms with Crippen molar-refractivity contribution in [2.24, 2.45) is 0 Å². The van der Waals surface area contributed by atoms with Crippen molar-refractivity contribution in [3.05, 3.63) is 59.7 Å². The minimum Gasteiger partial charge on any atom is -0.478 e. The normalized spacial score (nSPS) is 19.5. The van der Waals surface area contributed by atoms with E-state index in [-0.39, 0.29) is 23.6 Å². The Morgan fingerprint density at radius 2 is 1.79 bits per heavy atom. The van der Waals surface area contributed by atoms with E-state index < -0.39 is 5.97 Å². The van der Waals surface area contributed by atoms with Crippen LogP contribution in [0.15, 0.2) is 48.5 Å². The lowest BCUT2D eigenvalue weighted by Gasteiger charge is -2.39. The van der Waals surface area contributed by atoms with E-state index in [1.54, 1.807) is 30.0 Å². The van der Waals surface area contributed by atoms with Gasteiger partial charge in [0.15, 0.2) is 0 Å². The lowest BCUT2D eigenvalue weighted by Crippen LogP contribution is -2.43. The second-order valence-electron chi connectivity index (χ2n) is 6.08. The monoisotopic (exact) mass is 324 g/mol. The molecule has 24 heavy (non-hydrogen) atoms. The van der Waals surface area contributed by atoms with Gasteiger partial charge in [0, 0.05) is 24.3 Å². The number of amides is 1. The maximum absolute atomic E-state index is 12.0. The quantitative estimate of drug-likeness (QED) is 0.903. The van der Waals surface area contributed by atoms with Gasteiger partial charge in [-0.05, 0) is 37.1 Å².